The Kier molecular flexibility index (Phi) is 3.83. The van der Waals surface area contributed by atoms with Crippen LogP contribution in [0.3, 0.4) is 0 Å². The molecule has 1 aliphatic rings. The van der Waals surface area contributed by atoms with Crippen molar-refractivity contribution < 1.29 is 0 Å². The first-order valence-corrected chi connectivity index (χ1v) is 8.88. The van der Waals surface area contributed by atoms with Crippen LogP contribution in [0.25, 0.3) is 10.9 Å². The molecule has 1 aromatic heterocycles. The molecular weight excluding hydrogens is 318 g/mol. The van der Waals surface area contributed by atoms with Gasteiger partial charge < -0.3 is 0 Å². The second-order valence-corrected chi connectivity index (χ2v) is 6.82. The van der Waals surface area contributed by atoms with Crippen LogP contribution in [-0.2, 0) is 5.75 Å². The first kappa shape index (κ1) is 15.0. The van der Waals surface area contributed by atoms with Gasteiger partial charge in [-0.3, -0.25) is 9.36 Å². The molecule has 0 atom stereocenters. The van der Waals surface area contributed by atoms with Crippen molar-refractivity contribution >= 4 is 22.7 Å². The van der Waals surface area contributed by atoms with Gasteiger partial charge in [0.2, 0.25) is 0 Å². The van der Waals surface area contributed by atoms with Gasteiger partial charge >= 0.3 is 0 Å². The van der Waals surface area contributed by atoms with Gasteiger partial charge in [-0.2, -0.15) is 5.26 Å². The van der Waals surface area contributed by atoms with Crippen LogP contribution in [0.5, 0.6) is 0 Å². The summed E-state index contributed by atoms with van der Waals surface area (Å²) in [7, 11) is 0. The molecule has 4 rings (SSSR count). The number of aromatic nitrogens is 2. The third-order valence-electron chi connectivity index (χ3n) is 4.18. The highest BCUT2D eigenvalue weighted by Crippen LogP contribution is 2.37. The lowest BCUT2D eigenvalue weighted by Gasteiger charge is -2.12. The molecule has 1 heterocycles. The number of nitriles is 1. The van der Waals surface area contributed by atoms with Gasteiger partial charge in [-0.25, -0.2) is 4.98 Å². The number of benzene rings is 2. The number of thioether (sulfide) groups is 1. The largest absolute Gasteiger partial charge is 0.284 e. The summed E-state index contributed by atoms with van der Waals surface area (Å²) in [6.45, 7) is 0. The molecule has 0 N–H and O–H groups in total. The molecule has 24 heavy (non-hydrogen) atoms. The molecule has 5 heteroatoms. The second kappa shape index (κ2) is 6.14. The molecular formula is C19H15N3OS. The molecule has 4 nitrogen and oxygen atoms in total. The van der Waals surface area contributed by atoms with E-state index in [0.717, 1.165) is 29.1 Å². The molecule has 0 unspecified atom stereocenters. The van der Waals surface area contributed by atoms with E-state index in [4.69, 9.17) is 4.98 Å². The smallest absolute Gasteiger partial charge is 0.262 e. The predicted octanol–water partition coefficient (Wildman–Crippen LogP) is 3.90. The molecule has 0 aliphatic heterocycles. The van der Waals surface area contributed by atoms with E-state index in [0.29, 0.717) is 16.7 Å². The summed E-state index contributed by atoms with van der Waals surface area (Å²) in [4.78, 5) is 17.5. The molecule has 118 valence electrons. The predicted molar refractivity (Wildman–Crippen MR) is 95.0 cm³/mol. The highest BCUT2D eigenvalue weighted by atomic mass is 32.2. The average Bonchev–Trinajstić information content (AvgIpc) is 3.45. The number of fused-ring (bicyclic) bond motifs is 1. The van der Waals surface area contributed by atoms with Crippen LogP contribution in [0.1, 0.15) is 30.0 Å². The highest BCUT2D eigenvalue weighted by Gasteiger charge is 2.28. The quantitative estimate of drug-likeness (QED) is 0.537. The maximum absolute atomic E-state index is 12.8. The Balaban J connectivity index is 1.75. The molecule has 0 bridgehead atoms. The van der Waals surface area contributed by atoms with Gasteiger partial charge in [-0.15, -0.1) is 0 Å². The van der Waals surface area contributed by atoms with Gasteiger partial charge in [-0.05, 0) is 36.6 Å². The number of nitrogens with zero attached hydrogens (tertiary/aromatic N) is 3. The molecule has 3 aromatic rings. The molecule has 0 saturated heterocycles. The van der Waals surface area contributed by atoms with E-state index < -0.39 is 0 Å². The number of hydrogen-bond donors (Lipinski definition) is 0. The first-order valence-electron chi connectivity index (χ1n) is 7.90. The van der Waals surface area contributed by atoms with Crippen molar-refractivity contribution in [3.05, 3.63) is 70.0 Å². The highest BCUT2D eigenvalue weighted by molar-refractivity contribution is 7.98. The number of rotatable bonds is 4. The molecule has 2 aromatic carbocycles. The summed E-state index contributed by atoms with van der Waals surface area (Å²) in [5.74, 6) is 0.626. The third-order valence-corrected chi connectivity index (χ3v) is 5.18. The lowest BCUT2D eigenvalue weighted by atomic mass is 10.1. The minimum atomic E-state index is 0.0409. The van der Waals surface area contributed by atoms with Crippen LogP contribution < -0.4 is 5.56 Å². The third kappa shape index (κ3) is 2.70. The van der Waals surface area contributed by atoms with Crippen molar-refractivity contribution in [2.24, 2.45) is 0 Å². The number of para-hydroxylation sites is 1. The fourth-order valence-electron chi connectivity index (χ4n) is 2.78. The van der Waals surface area contributed by atoms with E-state index in [2.05, 4.69) is 6.07 Å². The van der Waals surface area contributed by atoms with Crippen LogP contribution in [0.4, 0.5) is 0 Å². The Bertz CT molecular complexity index is 1020. The minimum Gasteiger partial charge on any atom is -0.284 e. The Morgan fingerprint density at radius 2 is 1.92 bits per heavy atom. The summed E-state index contributed by atoms with van der Waals surface area (Å²) >= 11 is 1.53. The van der Waals surface area contributed by atoms with Crippen molar-refractivity contribution in [1.82, 2.24) is 9.55 Å². The monoisotopic (exact) mass is 333 g/mol. The van der Waals surface area contributed by atoms with E-state index in [9.17, 15) is 10.1 Å². The minimum absolute atomic E-state index is 0.0409. The van der Waals surface area contributed by atoms with Gasteiger partial charge in [0.15, 0.2) is 5.16 Å². The molecule has 1 fully saturated rings. The van der Waals surface area contributed by atoms with Crippen LogP contribution in [0.2, 0.25) is 0 Å². The molecule has 0 amide bonds. The zero-order valence-electron chi connectivity index (χ0n) is 13.0. The normalized spacial score (nSPS) is 13.8. The van der Waals surface area contributed by atoms with E-state index in [1.807, 2.05) is 53.1 Å². The molecule has 0 radical (unpaired) electrons. The lowest BCUT2D eigenvalue weighted by molar-refractivity contribution is 0.618. The maximum Gasteiger partial charge on any atom is 0.262 e. The molecule has 1 saturated carbocycles. The Labute approximate surface area is 143 Å². The summed E-state index contributed by atoms with van der Waals surface area (Å²) in [5, 5.41) is 10.6. The van der Waals surface area contributed by atoms with Gasteiger partial charge in [0.1, 0.15) is 0 Å². The van der Waals surface area contributed by atoms with E-state index in [1.165, 1.54) is 11.8 Å². The Morgan fingerprint density at radius 1 is 1.17 bits per heavy atom. The Hall–Kier alpha value is -2.58. The van der Waals surface area contributed by atoms with Crippen LogP contribution in [-0.4, -0.2) is 9.55 Å². The van der Waals surface area contributed by atoms with Gasteiger partial charge in [-0.1, -0.05) is 42.1 Å². The van der Waals surface area contributed by atoms with Crippen molar-refractivity contribution in [2.45, 2.75) is 29.8 Å². The van der Waals surface area contributed by atoms with Crippen molar-refractivity contribution in [3.8, 4) is 6.07 Å². The topological polar surface area (TPSA) is 58.7 Å². The fourth-order valence-corrected chi connectivity index (χ4v) is 3.85. The first-order chi connectivity index (χ1) is 11.8. The SMILES string of the molecule is N#Cc1ccccc1CSc1nc2ccccc2c(=O)n1C1CC1. The number of hydrogen-bond acceptors (Lipinski definition) is 4. The van der Waals surface area contributed by atoms with Crippen molar-refractivity contribution in [3.63, 3.8) is 0 Å². The van der Waals surface area contributed by atoms with Gasteiger partial charge in [0.25, 0.3) is 5.56 Å². The summed E-state index contributed by atoms with van der Waals surface area (Å²) in [5.41, 5.74) is 2.41. The van der Waals surface area contributed by atoms with E-state index in [1.54, 1.807) is 0 Å². The summed E-state index contributed by atoms with van der Waals surface area (Å²) < 4.78 is 1.84. The van der Waals surface area contributed by atoms with E-state index >= 15 is 0 Å². The van der Waals surface area contributed by atoms with Crippen LogP contribution in [0, 0.1) is 11.3 Å². The van der Waals surface area contributed by atoms with Crippen molar-refractivity contribution in [2.75, 3.05) is 0 Å². The standard InChI is InChI=1S/C19H15N3OS/c20-11-13-5-1-2-6-14(13)12-24-19-21-17-8-4-3-7-16(17)18(23)22(19)15-9-10-15/h1-8,15H,9-10,12H2. The average molecular weight is 333 g/mol. The Morgan fingerprint density at radius 3 is 2.71 bits per heavy atom. The van der Waals surface area contributed by atoms with Gasteiger partial charge in [0, 0.05) is 11.8 Å². The van der Waals surface area contributed by atoms with Crippen LogP contribution in [0.15, 0.2) is 58.5 Å². The maximum atomic E-state index is 12.8. The zero-order valence-corrected chi connectivity index (χ0v) is 13.8. The zero-order chi connectivity index (χ0) is 16.5. The van der Waals surface area contributed by atoms with Gasteiger partial charge in [0.05, 0.1) is 22.5 Å². The van der Waals surface area contributed by atoms with Crippen LogP contribution >= 0.6 is 11.8 Å². The molecule has 1 aliphatic carbocycles. The second-order valence-electron chi connectivity index (χ2n) is 5.88. The summed E-state index contributed by atoms with van der Waals surface area (Å²) in [6, 6.07) is 17.5. The van der Waals surface area contributed by atoms with E-state index in [-0.39, 0.29) is 11.6 Å². The lowest BCUT2D eigenvalue weighted by Crippen LogP contribution is -2.22. The fraction of sp³-hybridized carbons (Fsp3) is 0.211. The summed E-state index contributed by atoms with van der Waals surface area (Å²) in [6.07, 6.45) is 2.06. The van der Waals surface area contributed by atoms with Crippen molar-refractivity contribution in [1.29, 1.82) is 5.26 Å². The molecule has 0 spiro atoms.